The summed E-state index contributed by atoms with van der Waals surface area (Å²) in [5.41, 5.74) is 1.75. The molecule has 0 aromatic heterocycles. The Morgan fingerprint density at radius 3 is 2.56 bits per heavy atom. The normalized spacial score (nSPS) is 13.7. The summed E-state index contributed by atoms with van der Waals surface area (Å²) in [7, 11) is 1.55. The zero-order valence-corrected chi connectivity index (χ0v) is 20.7. The molecule has 1 atom stereocenters. The van der Waals surface area contributed by atoms with E-state index < -0.39 is 5.25 Å². The first-order chi connectivity index (χ1) is 17.5. The summed E-state index contributed by atoms with van der Waals surface area (Å²) in [6, 6.07) is 23.3. The van der Waals surface area contributed by atoms with Crippen LogP contribution in [-0.4, -0.2) is 35.9 Å². The Balaban J connectivity index is 1.39. The maximum absolute atomic E-state index is 13.0. The smallest absolute Gasteiger partial charge is 0.255 e. The first-order valence-corrected chi connectivity index (χ1v) is 12.3. The molecule has 1 unspecified atom stereocenters. The van der Waals surface area contributed by atoms with E-state index in [-0.39, 0.29) is 24.1 Å². The monoisotopic (exact) mass is 502 g/mol. The first kappa shape index (κ1) is 25.0. The Morgan fingerprint density at radius 2 is 1.81 bits per heavy atom. The van der Waals surface area contributed by atoms with Gasteiger partial charge in [-0.3, -0.25) is 14.4 Å². The maximum Gasteiger partial charge on any atom is 0.255 e. The molecule has 0 saturated carbocycles. The van der Waals surface area contributed by atoms with Crippen LogP contribution < -0.4 is 20.4 Å². The maximum atomic E-state index is 13.0. The lowest BCUT2D eigenvalue weighted by atomic mass is 10.2. The van der Waals surface area contributed by atoms with Crippen molar-refractivity contribution in [3.63, 3.8) is 0 Å². The Bertz CT molecular complexity index is 1300. The molecule has 36 heavy (non-hydrogen) atoms. The number of benzene rings is 3. The molecule has 1 aliphatic heterocycles. The summed E-state index contributed by atoms with van der Waals surface area (Å²) < 4.78 is 5.18. The number of rotatable bonds is 8. The summed E-state index contributed by atoms with van der Waals surface area (Å²) in [4.78, 5) is 38.8. The highest BCUT2D eigenvalue weighted by atomic mass is 32.2. The predicted octanol–water partition coefficient (Wildman–Crippen LogP) is 4.68. The van der Waals surface area contributed by atoms with Crippen LogP contribution in [0.25, 0.3) is 0 Å². The van der Waals surface area contributed by atoms with Crippen molar-refractivity contribution < 1.29 is 19.1 Å². The molecule has 0 aliphatic carbocycles. The molecule has 0 spiro atoms. The van der Waals surface area contributed by atoms with E-state index >= 15 is 0 Å². The molecule has 0 fully saturated rings. The summed E-state index contributed by atoms with van der Waals surface area (Å²) in [6.45, 7) is 1.92. The number of carbonyl (C=O) groups is 3. The molecule has 3 aromatic carbocycles. The Kier molecular flexibility index (Phi) is 8.02. The fourth-order valence-electron chi connectivity index (χ4n) is 3.59. The lowest BCUT2D eigenvalue weighted by Crippen LogP contribution is -2.36. The average Bonchev–Trinajstić information content (AvgIpc) is 3.27. The number of hydrazone groups is 1. The quantitative estimate of drug-likeness (QED) is 0.436. The van der Waals surface area contributed by atoms with Gasteiger partial charge in [0.25, 0.3) is 11.8 Å². The highest BCUT2D eigenvalue weighted by Gasteiger charge is 2.28. The second kappa shape index (κ2) is 11.5. The van der Waals surface area contributed by atoms with Gasteiger partial charge in [-0.05, 0) is 55.0 Å². The van der Waals surface area contributed by atoms with E-state index in [2.05, 4.69) is 15.7 Å². The molecule has 4 rings (SSSR count). The standard InChI is InChI=1S/C27H26N4O4S/c1-3-23(27(34)29-24-17-25(32)31(30-24)20-11-5-4-6-12-20)36-22-14-8-10-19(16-22)28-26(33)18-9-7-13-21(15-18)35-2/h4-16,23H,3,17H2,1-2H3,(H,28,33)(H,29,30,34). The van der Waals surface area contributed by atoms with Crippen LogP contribution in [0.4, 0.5) is 11.4 Å². The molecule has 0 saturated heterocycles. The third kappa shape index (κ3) is 6.11. The van der Waals surface area contributed by atoms with Gasteiger partial charge in [0.1, 0.15) is 11.6 Å². The molecule has 8 nitrogen and oxygen atoms in total. The highest BCUT2D eigenvalue weighted by Crippen LogP contribution is 2.28. The van der Waals surface area contributed by atoms with Crippen LogP contribution in [0.3, 0.4) is 0 Å². The molecule has 3 aromatic rings. The van der Waals surface area contributed by atoms with Crippen molar-refractivity contribution in [2.24, 2.45) is 5.10 Å². The van der Waals surface area contributed by atoms with Crippen molar-refractivity contribution in [3.05, 3.63) is 84.4 Å². The SMILES string of the molecule is CCC(Sc1cccc(NC(=O)c2cccc(OC)c2)c1)C(=O)NC1=NN(c2ccccc2)C(=O)C1. The summed E-state index contributed by atoms with van der Waals surface area (Å²) in [5.74, 6) is 0.246. The van der Waals surface area contributed by atoms with E-state index in [4.69, 9.17) is 4.74 Å². The number of carbonyl (C=O) groups excluding carboxylic acids is 3. The van der Waals surface area contributed by atoms with Crippen molar-refractivity contribution in [3.8, 4) is 5.75 Å². The number of amides is 3. The van der Waals surface area contributed by atoms with Crippen molar-refractivity contribution in [1.29, 1.82) is 0 Å². The number of nitrogens with one attached hydrogen (secondary N) is 2. The van der Waals surface area contributed by atoms with Gasteiger partial charge >= 0.3 is 0 Å². The van der Waals surface area contributed by atoms with E-state index in [1.807, 2.05) is 43.3 Å². The molecule has 9 heteroatoms. The topological polar surface area (TPSA) is 100 Å². The third-order valence-electron chi connectivity index (χ3n) is 5.41. The van der Waals surface area contributed by atoms with E-state index in [1.165, 1.54) is 16.8 Å². The number of anilines is 2. The van der Waals surface area contributed by atoms with Crippen molar-refractivity contribution >= 4 is 46.7 Å². The van der Waals surface area contributed by atoms with Gasteiger partial charge in [-0.2, -0.15) is 10.1 Å². The predicted molar refractivity (Wildman–Crippen MR) is 141 cm³/mol. The van der Waals surface area contributed by atoms with Gasteiger partial charge in [-0.1, -0.05) is 37.3 Å². The number of nitrogens with zero attached hydrogens (tertiary/aromatic N) is 2. The minimum atomic E-state index is -0.405. The van der Waals surface area contributed by atoms with E-state index in [0.29, 0.717) is 34.9 Å². The van der Waals surface area contributed by atoms with Crippen LogP contribution in [-0.2, 0) is 9.59 Å². The molecule has 184 valence electrons. The minimum absolute atomic E-state index is 0.0352. The number of para-hydroxylation sites is 1. The van der Waals surface area contributed by atoms with Gasteiger partial charge in [0.05, 0.1) is 24.5 Å². The van der Waals surface area contributed by atoms with Crippen LogP contribution in [0.15, 0.2) is 88.9 Å². The van der Waals surface area contributed by atoms with Gasteiger partial charge in [0, 0.05) is 16.1 Å². The number of ether oxygens (including phenoxy) is 1. The summed E-state index contributed by atoms with van der Waals surface area (Å²) in [5, 5.41) is 10.9. The molecule has 3 amide bonds. The van der Waals surface area contributed by atoms with Crippen LogP contribution in [0.2, 0.25) is 0 Å². The van der Waals surface area contributed by atoms with E-state index in [1.54, 1.807) is 49.6 Å². The van der Waals surface area contributed by atoms with Gasteiger partial charge in [-0.15, -0.1) is 11.8 Å². The van der Waals surface area contributed by atoms with Gasteiger partial charge in [-0.25, -0.2) is 0 Å². The van der Waals surface area contributed by atoms with E-state index in [9.17, 15) is 14.4 Å². The van der Waals surface area contributed by atoms with Crippen LogP contribution >= 0.6 is 11.8 Å². The Morgan fingerprint density at radius 1 is 1.03 bits per heavy atom. The number of amidine groups is 1. The lowest BCUT2D eigenvalue weighted by molar-refractivity contribution is -0.119. The molecule has 0 radical (unpaired) electrons. The average molecular weight is 503 g/mol. The second-order valence-electron chi connectivity index (χ2n) is 7.98. The fraction of sp³-hybridized carbons (Fsp3) is 0.185. The minimum Gasteiger partial charge on any atom is -0.497 e. The van der Waals surface area contributed by atoms with Crippen LogP contribution in [0.1, 0.15) is 30.1 Å². The number of thioether (sulfide) groups is 1. The zero-order valence-electron chi connectivity index (χ0n) is 19.9. The molecule has 1 aliphatic rings. The summed E-state index contributed by atoms with van der Waals surface area (Å²) in [6.07, 6.45) is 0.605. The Hall–Kier alpha value is -4.11. The van der Waals surface area contributed by atoms with Crippen molar-refractivity contribution in [2.75, 3.05) is 17.4 Å². The molecular formula is C27H26N4O4S. The molecular weight excluding hydrogens is 476 g/mol. The van der Waals surface area contributed by atoms with Crippen LogP contribution in [0, 0.1) is 0 Å². The molecule has 2 N–H and O–H groups in total. The van der Waals surface area contributed by atoms with Gasteiger partial charge in [0.15, 0.2) is 0 Å². The largest absolute Gasteiger partial charge is 0.497 e. The first-order valence-electron chi connectivity index (χ1n) is 11.4. The van der Waals surface area contributed by atoms with Crippen molar-refractivity contribution in [1.82, 2.24) is 5.32 Å². The number of hydrogen-bond donors (Lipinski definition) is 2. The van der Waals surface area contributed by atoms with Gasteiger partial charge < -0.3 is 15.4 Å². The molecule has 1 heterocycles. The Labute approximate surface area is 213 Å². The number of hydrogen-bond acceptors (Lipinski definition) is 6. The fourth-order valence-corrected chi connectivity index (χ4v) is 4.61. The lowest BCUT2D eigenvalue weighted by Gasteiger charge is -2.15. The third-order valence-corrected chi connectivity index (χ3v) is 6.77. The zero-order chi connectivity index (χ0) is 25.5. The van der Waals surface area contributed by atoms with Crippen LogP contribution in [0.5, 0.6) is 5.75 Å². The van der Waals surface area contributed by atoms with Crippen molar-refractivity contribution in [2.45, 2.75) is 29.9 Å². The van der Waals surface area contributed by atoms with E-state index in [0.717, 1.165) is 4.90 Å². The highest BCUT2D eigenvalue weighted by molar-refractivity contribution is 8.00. The van der Waals surface area contributed by atoms with Gasteiger partial charge in [0.2, 0.25) is 5.91 Å². The number of methoxy groups -OCH3 is 1. The molecule has 0 bridgehead atoms. The second-order valence-corrected chi connectivity index (χ2v) is 9.26. The summed E-state index contributed by atoms with van der Waals surface area (Å²) >= 11 is 1.38.